The fraction of sp³-hybridized carbons (Fsp3) is 0.263. The first-order valence-corrected chi connectivity index (χ1v) is 9.33. The molecule has 27 heavy (non-hydrogen) atoms. The average molecular weight is 394 g/mol. The van der Waals surface area contributed by atoms with Gasteiger partial charge in [-0.3, -0.25) is 9.59 Å². The number of para-hydroxylation sites is 1. The molecule has 2 N–H and O–H groups in total. The van der Waals surface area contributed by atoms with Crippen molar-refractivity contribution in [3.63, 3.8) is 0 Å². The van der Waals surface area contributed by atoms with Gasteiger partial charge in [0, 0.05) is 17.8 Å². The van der Waals surface area contributed by atoms with E-state index in [-0.39, 0.29) is 35.6 Å². The SMILES string of the molecule is Cc1ccc(NC(=O)CSCC(=O)NCc2ccccc2OC(F)F)cc1. The number of alkyl halides is 2. The largest absolute Gasteiger partial charge is 0.434 e. The average Bonchev–Trinajstić information content (AvgIpc) is 2.62. The maximum absolute atomic E-state index is 12.4. The van der Waals surface area contributed by atoms with Crippen LogP contribution < -0.4 is 15.4 Å². The quantitative estimate of drug-likeness (QED) is 0.682. The molecule has 0 aliphatic heterocycles. The minimum atomic E-state index is -2.93. The Morgan fingerprint density at radius 1 is 1.04 bits per heavy atom. The van der Waals surface area contributed by atoms with E-state index < -0.39 is 6.61 Å². The molecule has 0 aliphatic carbocycles. The highest BCUT2D eigenvalue weighted by Gasteiger charge is 2.11. The lowest BCUT2D eigenvalue weighted by molar-refractivity contribution is -0.118. The van der Waals surface area contributed by atoms with Crippen LogP contribution in [-0.4, -0.2) is 29.9 Å². The van der Waals surface area contributed by atoms with Crippen molar-refractivity contribution in [3.8, 4) is 5.75 Å². The standard InChI is InChI=1S/C19H20F2N2O3S/c1-13-6-8-15(9-7-13)23-18(25)12-27-11-17(24)22-10-14-4-2-3-5-16(14)26-19(20)21/h2-9,19H,10-12H2,1H3,(H,22,24)(H,23,25). The van der Waals surface area contributed by atoms with Crippen molar-refractivity contribution < 1.29 is 23.1 Å². The van der Waals surface area contributed by atoms with Gasteiger partial charge in [0.1, 0.15) is 5.75 Å². The molecule has 0 spiro atoms. The van der Waals surface area contributed by atoms with Crippen molar-refractivity contribution >= 4 is 29.3 Å². The van der Waals surface area contributed by atoms with Gasteiger partial charge >= 0.3 is 6.61 Å². The van der Waals surface area contributed by atoms with Gasteiger partial charge in [-0.05, 0) is 25.1 Å². The van der Waals surface area contributed by atoms with E-state index in [0.29, 0.717) is 11.3 Å². The lowest BCUT2D eigenvalue weighted by Gasteiger charge is -2.11. The van der Waals surface area contributed by atoms with Gasteiger partial charge in [-0.2, -0.15) is 8.78 Å². The summed E-state index contributed by atoms with van der Waals surface area (Å²) in [4.78, 5) is 23.7. The Balaban J connectivity index is 1.70. The number of thioether (sulfide) groups is 1. The van der Waals surface area contributed by atoms with Crippen LogP contribution in [0.5, 0.6) is 5.75 Å². The topological polar surface area (TPSA) is 67.4 Å². The molecule has 0 aliphatic rings. The second kappa shape index (κ2) is 10.5. The maximum atomic E-state index is 12.4. The van der Waals surface area contributed by atoms with Crippen molar-refractivity contribution in [1.82, 2.24) is 5.32 Å². The number of rotatable bonds is 9. The predicted octanol–water partition coefficient (Wildman–Crippen LogP) is 3.58. The molecule has 0 saturated heterocycles. The Hall–Kier alpha value is -2.61. The first kappa shape index (κ1) is 20.7. The van der Waals surface area contributed by atoms with E-state index in [4.69, 9.17) is 0 Å². The lowest BCUT2D eigenvalue weighted by Crippen LogP contribution is -2.26. The zero-order valence-corrected chi connectivity index (χ0v) is 15.5. The first-order chi connectivity index (χ1) is 12.9. The second-order valence-electron chi connectivity index (χ2n) is 5.67. The molecule has 0 unspecified atom stereocenters. The van der Waals surface area contributed by atoms with Crippen LogP contribution in [0.2, 0.25) is 0 Å². The highest BCUT2D eigenvalue weighted by Crippen LogP contribution is 2.20. The summed E-state index contributed by atoms with van der Waals surface area (Å²) in [6.45, 7) is -0.903. The maximum Gasteiger partial charge on any atom is 0.387 e. The second-order valence-corrected chi connectivity index (χ2v) is 6.66. The van der Waals surface area contributed by atoms with Gasteiger partial charge in [-0.15, -0.1) is 11.8 Å². The molecule has 144 valence electrons. The molecule has 0 bridgehead atoms. The Morgan fingerprint density at radius 3 is 2.41 bits per heavy atom. The molecular formula is C19H20F2N2O3S. The van der Waals surface area contributed by atoms with Crippen molar-refractivity contribution in [2.45, 2.75) is 20.1 Å². The summed E-state index contributed by atoms with van der Waals surface area (Å²) in [7, 11) is 0. The van der Waals surface area contributed by atoms with E-state index in [0.717, 1.165) is 5.56 Å². The highest BCUT2D eigenvalue weighted by atomic mass is 32.2. The van der Waals surface area contributed by atoms with Gasteiger partial charge in [0.2, 0.25) is 11.8 Å². The van der Waals surface area contributed by atoms with Crippen molar-refractivity contribution in [2.75, 3.05) is 16.8 Å². The number of carbonyl (C=O) groups excluding carboxylic acids is 2. The number of hydrogen-bond acceptors (Lipinski definition) is 4. The molecular weight excluding hydrogens is 374 g/mol. The summed E-state index contributed by atoms with van der Waals surface area (Å²) in [5.74, 6) is -0.258. The van der Waals surface area contributed by atoms with E-state index in [1.54, 1.807) is 18.2 Å². The van der Waals surface area contributed by atoms with Crippen molar-refractivity contribution in [1.29, 1.82) is 0 Å². The van der Waals surface area contributed by atoms with Crippen LogP contribution in [0.15, 0.2) is 48.5 Å². The van der Waals surface area contributed by atoms with Gasteiger partial charge in [0.15, 0.2) is 0 Å². The summed E-state index contributed by atoms with van der Waals surface area (Å²) in [6.07, 6.45) is 0. The molecule has 0 atom stereocenters. The molecule has 0 fully saturated rings. The van der Waals surface area contributed by atoms with Gasteiger partial charge < -0.3 is 15.4 Å². The zero-order chi connectivity index (χ0) is 19.6. The van der Waals surface area contributed by atoms with E-state index in [1.807, 2.05) is 31.2 Å². The van der Waals surface area contributed by atoms with Crippen LogP contribution in [0, 0.1) is 6.92 Å². The number of nitrogens with one attached hydrogen (secondary N) is 2. The summed E-state index contributed by atoms with van der Waals surface area (Å²) in [5.41, 5.74) is 2.25. The Kier molecular flexibility index (Phi) is 8.06. The number of carbonyl (C=O) groups is 2. The number of anilines is 1. The molecule has 0 saturated carbocycles. The number of amides is 2. The third kappa shape index (κ3) is 7.65. The highest BCUT2D eigenvalue weighted by molar-refractivity contribution is 8.00. The number of benzene rings is 2. The third-order valence-corrected chi connectivity index (χ3v) is 4.40. The van der Waals surface area contributed by atoms with Gasteiger partial charge in [-0.1, -0.05) is 35.9 Å². The van der Waals surface area contributed by atoms with E-state index in [1.165, 1.54) is 17.8 Å². The molecule has 0 radical (unpaired) electrons. The summed E-state index contributed by atoms with van der Waals surface area (Å²) >= 11 is 1.17. The monoisotopic (exact) mass is 394 g/mol. The lowest BCUT2D eigenvalue weighted by atomic mass is 10.2. The number of ether oxygens (including phenoxy) is 1. The molecule has 2 rings (SSSR count). The zero-order valence-electron chi connectivity index (χ0n) is 14.7. The summed E-state index contributed by atoms with van der Waals surface area (Å²) in [5, 5.41) is 5.37. The first-order valence-electron chi connectivity index (χ1n) is 8.17. The Labute approximate surface area is 160 Å². The van der Waals surface area contributed by atoms with E-state index in [9.17, 15) is 18.4 Å². The van der Waals surface area contributed by atoms with Crippen LogP contribution in [0.3, 0.4) is 0 Å². The number of halogens is 2. The number of aryl methyl sites for hydroxylation is 1. The van der Waals surface area contributed by atoms with Crippen LogP contribution in [0.25, 0.3) is 0 Å². The minimum absolute atomic E-state index is 0.0259. The predicted molar refractivity (Wildman–Crippen MR) is 102 cm³/mol. The summed E-state index contributed by atoms with van der Waals surface area (Å²) < 4.78 is 29.1. The molecule has 2 amide bonds. The smallest absolute Gasteiger partial charge is 0.387 e. The summed E-state index contributed by atoms with van der Waals surface area (Å²) in [6, 6.07) is 13.7. The molecule has 5 nitrogen and oxygen atoms in total. The Morgan fingerprint density at radius 2 is 1.70 bits per heavy atom. The van der Waals surface area contributed by atoms with Gasteiger partial charge in [0.05, 0.1) is 11.5 Å². The van der Waals surface area contributed by atoms with Crippen molar-refractivity contribution in [2.24, 2.45) is 0 Å². The van der Waals surface area contributed by atoms with Crippen LogP contribution in [0.4, 0.5) is 14.5 Å². The fourth-order valence-electron chi connectivity index (χ4n) is 2.18. The molecule has 2 aromatic rings. The fourth-order valence-corrected chi connectivity index (χ4v) is 2.82. The molecule has 8 heteroatoms. The number of hydrogen-bond donors (Lipinski definition) is 2. The van der Waals surface area contributed by atoms with Crippen LogP contribution in [-0.2, 0) is 16.1 Å². The minimum Gasteiger partial charge on any atom is -0.434 e. The molecule has 2 aromatic carbocycles. The van der Waals surface area contributed by atoms with Crippen LogP contribution >= 0.6 is 11.8 Å². The van der Waals surface area contributed by atoms with Gasteiger partial charge in [-0.25, -0.2) is 0 Å². The van der Waals surface area contributed by atoms with Gasteiger partial charge in [0.25, 0.3) is 0 Å². The third-order valence-electron chi connectivity index (χ3n) is 3.47. The Bertz CT molecular complexity index is 770. The van der Waals surface area contributed by atoms with Crippen LogP contribution in [0.1, 0.15) is 11.1 Å². The molecule has 0 aromatic heterocycles. The van der Waals surface area contributed by atoms with Crippen molar-refractivity contribution in [3.05, 3.63) is 59.7 Å². The molecule has 0 heterocycles. The normalized spacial score (nSPS) is 10.5. The van der Waals surface area contributed by atoms with E-state index >= 15 is 0 Å². The van der Waals surface area contributed by atoms with E-state index in [2.05, 4.69) is 15.4 Å².